The molecule has 5 heteroatoms. The summed E-state index contributed by atoms with van der Waals surface area (Å²) >= 11 is 0. The van der Waals surface area contributed by atoms with Crippen LogP contribution in [0.1, 0.15) is 12.8 Å². The maximum absolute atomic E-state index is 11.4. The van der Waals surface area contributed by atoms with Crippen LogP contribution < -0.4 is 5.73 Å². The van der Waals surface area contributed by atoms with Crippen molar-refractivity contribution in [3.63, 3.8) is 0 Å². The molecule has 2 N–H and O–H groups in total. The van der Waals surface area contributed by atoms with Gasteiger partial charge in [0.1, 0.15) is 0 Å². The van der Waals surface area contributed by atoms with Gasteiger partial charge in [0.2, 0.25) is 0 Å². The van der Waals surface area contributed by atoms with Crippen LogP contribution in [0.3, 0.4) is 0 Å². The lowest BCUT2D eigenvalue weighted by molar-refractivity contribution is -0.186. The first-order valence-electron chi connectivity index (χ1n) is 2.89. The Morgan fingerprint density at radius 3 is 2.10 bits per heavy atom. The van der Waals surface area contributed by atoms with Crippen LogP contribution in [0.5, 0.6) is 0 Å². The van der Waals surface area contributed by atoms with E-state index in [1.54, 1.807) is 0 Å². The van der Waals surface area contributed by atoms with E-state index in [0.29, 0.717) is 6.42 Å². The minimum atomic E-state index is -2.67. The predicted octanol–water partition coefficient (Wildman–Crippen LogP) is 1.14. The normalized spacial score (nSPS) is 31.2. The topological polar surface area (TPSA) is 35.2 Å². The van der Waals surface area contributed by atoms with Crippen molar-refractivity contribution < 1.29 is 13.5 Å². The fourth-order valence-electron chi connectivity index (χ4n) is 0.796. The van der Waals surface area contributed by atoms with Gasteiger partial charge >= 0.3 is 6.61 Å². The van der Waals surface area contributed by atoms with E-state index in [1.807, 2.05) is 0 Å². The van der Waals surface area contributed by atoms with Crippen molar-refractivity contribution in [2.45, 2.75) is 31.6 Å². The van der Waals surface area contributed by atoms with Gasteiger partial charge in [-0.1, -0.05) is 0 Å². The lowest BCUT2D eigenvalue weighted by Crippen LogP contribution is -2.46. The Morgan fingerprint density at radius 2 is 2.00 bits per heavy atom. The molecule has 0 radical (unpaired) electrons. The van der Waals surface area contributed by atoms with Crippen LogP contribution in [0, 0.1) is 0 Å². The highest BCUT2D eigenvalue weighted by Crippen LogP contribution is 2.22. The summed E-state index contributed by atoms with van der Waals surface area (Å²) in [5.41, 5.74) is 5.31. The minimum absolute atomic E-state index is 0. The Kier molecular flexibility index (Phi) is 4.08. The summed E-state index contributed by atoms with van der Waals surface area (Å²) in [4.78, 5) is 0. The molecule has 0 spiro atoms. The summed E-state index contributed by atoms with van der Waals surface area (Å²) in [7, 11) is 0. The molecule has 0 saturated heterocycles. The number of hydrogen-bond donors (Lipinski definition) is 1. The molecule has 1 aliphatic rings. The second-order valence-electron chi connectivity index (χ2n) is 2.18. The van der Waals surface area contributed by atoms with Crippen molar-refractivity contribution >= 4 is 12.4 Å². The molecular weight excluding hydrogens is 164 g/mol. The van der Waals surface area contributed by atoms with Gasteiger partial charge in [-0.05, 0) is 12.8 Å². The molecule has 1 saturated carbocycles. The van der Waals surface area contributed by atoms with Gasteiger partial charge in [-0.15, -0.1) is 12.4 Å². The third kappa shape index (κ3) is 2.36. The number of hydrogen-bond acceptors (Lipinski definition) is 2. The summed E-state index contributed by atoms with van der Waals surface area (Å²) < 4.78 is 26.9. The average molecular weight is 174 g/mol. The van der Waals surface area contributed by atoms with Gasteiger partial charge in [0.25, 0.3) is 0 Å². The molecule has 0 unspecified atom stereocenters. The van der Waals surface area contributed by atoms with E-state index in [4.69, 9.17) is 5.73 Å². The molecule has 0 heterocycles. The second-order valence-corrected chi connectivity index (χ2v) is 2.18. The van der Waals surface area contributed by atoms with Crippen LogP contribution >= 0.6 is 12.4 Å². The van der Waals surface area contributed by atoms with Crippen molar-refractivity contribution in [1.29, 1.82) is 0 Å². The van der Waals surface area contributed by atoms with E-state index in [1.165, 1.54) is 0 Å². The molecule has 2 atom stereocenters. The second kappa shape index (κ2) is 4.05. The van der Waals surface area contributed by atoms with E-state index >= 15 is 0 Å². The summed E-state index contributed by atoms with van der Waals surface area (Å²) in [6, 6.07) is -0.168. The molecule has 10 heavy (non-hydrogen) atoms. The summed E-state index contributed by atoms with van der Waals surface area (Å²) in [5.74, 6) is 0. The Labute approximate surface area is 64.1 Å². The molecular formula is C5H10ClF2NO. The van der Waals surface area contributed by atoms with Crippen LogP contribution in [0.25, 0.3) is 0 Å². The molecule has 2 nitrogen and oxygen atoms in total. The first kappa shape index (κ1) is 10.1. The number of ether oxygens (including phenoxy) is 1. The van der Waals surface area contributed by atoms with Gasteiger partial charge < -0.3 is 10.5 Å². The number of halogens is 3. The maximum atomic E-state index is 11.4. The van der Waals surface area contributed by atoms with Gasteiger partial charge in [-0.3, -0.25) is 0 Å². The summed E-state index contributed by atoms with van der Waals surface area (Å²) in [5, 5.41) is 0. The molecule has 1 fully saturated rings. The van der Waals surface area contributed by atoms with E-state index in [9.17, 15) is 8.78 Å². The molecule has 0 aliphatic heterocycles. The first-order valence-corrected chi connectivity index (χ1v) is 2.89. The molecule has 1 rings (SSSR count). The van der Waals surface area contributed by atoms with Crippen LogP contribution in [0.15, 0.2) is 0 Å². The van der Waals surface area contributed by atoms with Crippen molar-refractivity contribution in [1.82, 2.24) is 0 Å². The van der Waals surface area contributed by atoms with Crippen LogP contribution in [0.4, 0.5) is 8.78 Å². The Balaban J connectivity index is 0.000000810. The predicted molar refractivity (Wildman–Crippen MR) is 35.3 cm³/mol. The third-order valence-corrected chi connectivity index (χ3v) is 1.54. The zero-order chi connectivity index (χ0) is 6.85. The zero-order valence-electron chi connectivity index (χ0n) is 5.30. The highest BCUT2D eigenvalue weighted by Gasteiger charge is 2.30. The largest absolute Gasteiger partial charge is 0.345 e. The van der Waals surface area contributed by atoms with Crippen LogP contribution in [0.2, 0.25) is 0 Å². The van der Waals surface area contributed by atoms with Crippen molar-refractivity contribution in [3.8, 4) is 0 Å². The monoisotopic (exact) mass is 173 g/mol. The molecule has 0 bridgehead atoms. The molecule has 0 aromatic rings. The fourth-order valence-corrected chi connectivity index (χ4v) is 0.796. The summed E-state index contributed by atoms with van der Waals surface area (Å²) in [6.07, 6.45) is 1.08. The highest BCUT2D eigenvalue weighted by atomic mass is 35.5. The van der Waals surface area contributed by atoms with E-state index in [0.717, 1.165) is 6.42 Å². The number of rotatable bonds is 2. The first-order chi connectivity index (χ1) is 4.20. The van der Waals surface area contributed by atoms with Crippen LogP contribution in [-0.2, 0) is 4.74 Å². The Morgan fingerprint density at radius 1 is 1.40 bits per heavy atom. The van der Waals surface area contributed by atoms with E-state index in [2.05, 4.69) is 4.74 Å². The lowest BCUT2D eigenvalue weighted by Gasteiger charge is -2.32. The van der Waals surface area contributed by atoms with E-state index in [-0.39, 0.29) is 18.4 Å². The third-order valence-electron chi connectivity index (χ3n) is 1.54. The van der Waals surface area contributed by atoms with Gasteiger partial charge in [0, 0.05) is 6.04 Å². The standard InChI is InChI=1S/C5H9F2NO.ClH/c6-5(7)9-4-2-1-3(4)8;/h3-5H,1-2,8H2;1H/t3-,4-;/m1./s1. The van der Waals surface area contributed by atoms with Gasteiger partial charge in [0.15, 0.2) is 0 Å². The molecule has 62 valence electrons. The quantitative estimate of drug-likeness (QED) is 0.680. The molecule has 0 amide bonds. The molecule has 0 aromatic heterocycles. The van der Waals surface area contributed by atoms with Gasteiger partial charge in [-0.2, -0.15) is 8.78 Å². The van der Waals surface area contributed by atoms with E-state index < -0.39 is 12.7 Å². The minimum Gasteiger partial charge on any atom is -0.325 e. The Hall–Kier alpha value is 0.0700. The number of nitrogens with two attached hydrogens (primary N) is 1. The highest BCUT2D eigenvalue weighted by molar-refractivity contribution is 5.85. The van der Waals surface area contributed by atoms with Crippen molar-refractivity contribution in [3.05, 3.63) is 0 Å². The van der Waals surface area contributed by atoms with Crippen LogP contribution in [-0.4, -0.2) is 18.8 Å². The fraction of sp³-hybridized carbons (Fsp3) is 1.00. The molecule has 0 aromatic carbocycles. The summed E-state index contributed by atoms with van der Waals surface area (Å²) in [6.45, 7) is -2.67. The van der Waals surface area contributed by atoms with Crippen molar-refractivity contribution in [2.24, 2.45) is 5.73 Å². The molecule has 1 aliphatic carbocycles. The van der Waals surface area contributed by atoms with Gasteiger partial charge in [0.05, 0.1) is 6.10 Å². The van der Waals surface area contributed by atoms with Crippen molar-refractivity contribution in [2.75, 3.05) is 0 Å². The average Bonchev–Trinajstić information content (AvgIpc) is 1.79. The maximum Gasteiger partial charge on any atom is 0.345 e. The zero-order valence-corrected chi connectivity index (χ0v) is 6.11. The number of alkyl halides is 2. The smallest absolute Gasteiger partial charge is 0.325 e. The SMILES string of the molecule is Cl.N[C@@H]1CC[C@H]1OC(F)F. The lowest BCUT2D eigenvalue weighted by atomic mass is 9.90. The Bertz CT molecular complexity index is 104. The van der Waals surface area contributed by atoms with Gasteiger partial charge in [-0.25, -0.2) is 0 Å².